The van der Waals surface area contributed by atoms with Crippen molar-refractivity contribution in [3.05, 3.63) is 0 Å². The van der Waals surface area contributed by atoms with E-state index in [1.165, 1.54) is 5.32 Å². The van der Waals surface area contributed by atoms with E-state index in [-0.39, 0.29) is 0 Å². The van der Waals surface area contributed by atoms with Gasteiger partial charge in [0, 0.05) is 0 Å². The van der Waals surface area contributed by atoms with Crippen LogP contribution in [0.1, 0.15) is 0 Å². The second-order valence-corrected chi connectivity index (χ2v) is 3.13. The zero-order valence-electron chi connectivity index (χ0n) is 8.96. The number of hydrogen-bond donors (Lipinski definition) is 1. The molecule has 0 saturated carbocycles. The largest absolute Gasteiger partial charge is 0.476 e. The summed E-state index contributed by atoms with van der Waals surface area (Å²) in [5.74, 6) is -7.90. The Bertz CT molecular complexity index is 440. The van der Waals surface area contributed by atoms with E-state index in [0.717, 1.165) is 7.11 Å². The minimum Gasteiger partial charge on any atom is -0.476 e. The Labute approximate surface area is 100 Å². The first-order chi connectivity index (χ1) is 8.57. The van der Waals surface area contributed by atoms with Gasteiger partial charge in [0.15, 0.2) is 0 Å². The first kappa shape index (κ1) is 15.0. The van der Waals surface area contributed by atoms with Crippen LogP contribution in [0.5, 0.6) is 5.88 Å². The molecule has 1 aromatic heterocycles. The van der Waals surface area contributed by atoms with Crippen molar-refractivity contribution in [2.45, 2.75) is 12.4 Å². The molecule has 0 fully saturated rings. The molecule has 0 aliphatic rings. The first-order valence-electron chi connectivity index (χ1n) is 4.38. The zero-order valence-corrected chi connectivity index (χ0v) is 8.96. The Morgan fingerprint density at radius 1 is 1.21 bits per heavy atom. The van der Waals surface area contributed by atoms with Crippen LogP contribution in [-0.4, -0.2) is 35.7 Å². The summed E-state index contributed by atoms with van der Waals surface area (Å²) in [6.07, 6.45) is -11.6. The Kier molecular flexibility index (Phi) is 3.91. The number of halogens is 6. The van der Waals surface area contributed by atoms with Crippen LogP contribution in [0.25, 0.3) is 0 Å². The lowest BCUT2D eigenvalue weighted by molar-refractivity contribution is -0.272. The van der Waals surface area contributed by atoms with Gasteiger partial charge in [0.05, 0.1) is 7.11 Å². The molecule has 19 heavy (non-hydrogen) atoms. The summed E-state index contributed by atoms with van der Waals surface area (Å²) in [5, 5.41) is 7.16. The number of aromatic nitrogens is 2. The van der Waals surface area contributed by atoms with E-state index in [2.05, 4.69) is 19.7 Å². The van der Waals surface area contributed by atoms with Crippen molar-refractivity contribution in [2.75, 3.05) is 12.4 Å². The normalized spacial score (nSPS) is 12.6. The van der Waals surface area contributed by atoms with Crippen LogP contribution in [-0.2, 0) is 4.79 Å². The number of carbonyl (C=O) groups is 1. The maximum atomic E-state index is 12.2. The van der Waals surface area contributed by atoms with Gasteiger partial charge in [-0.15, -0.1) is 0 Å². The van der Waals surface area contributed by atoms with Crippen molar-refractivity contribution in [3.63, 3.8) is 0 Å². The number of nitrogens with zero attached hydrogens (tertiary/aromatic N) is 2. The van der Waals surface area contributed by atoms with Crippen molar-refractivity contribution in [3.8, 4) is 5.88 Å². The molecular weight excluding hydrogens is 288 g/mol. The topological polar surface area (TPSA) is 77.2 Å². The van der Waals surface area contributed by atoms with Crippen LogP contribution in [0.15, 0.2) is 4.63 Å². The Morgan fingerprint density at radius 2 is 1.74 bits per heavy atom. The monoisotopic (exact) mass is 293 g/mol. The van der Waals surface area contributed by atoms with Gasteiger partial charge in [-0.3, -0.25) is 4.79 Å². The number of ether oxygens (including phenoxy) is 1. The van der Waals surface area contributed by atoms with Crippen LogP contribution in [0, 0.1) is 5.92 Å². The van der Waals surface area contributed by atoms with Crippen LogP contribution < -0.4 is 10.1 Å². The lowest BCUT2D eigenvalue weighted by Crippen LogP contribution is -2.45. The lowest BCUT2D eigenvalue weighted by Gasteiger charge is -2.21. The first-order valence-corrected chi connectivity index (χ1v) is 4.38. The smallest absolute Gasteiger partial charge is 0.409 e. The van der Waals surface area contributed by atoms with Gasteiger partial charge in [0.25, 0.3) is 0 Å². The van der Waals surface area contributed by atoms with Crippen LogP contribution in [0.4, 0.5) is 32.2 Å². The number of alkyl halides is 6. The third kappa shape index (κ3) is 3.48. The highest BCUT2D eigenvalue weighted by Crippen LogP contribution is 2.40. The Morgan fingerprint density at radius 3 is 2.16 bits per heavy atom. The molecule has 0 radical (unpaired) electrons. The van der Waals surface area contributed by atoms with Crippen molar-refractivity contribution in [1.29, 1.82) is 0 Å². The summed E-state index contributed by atoms with van der Waals surface area (Å²) in [6.45, 7) is 0. The number of rotatable bonds is 3. The molecule has 6 nitrogen and oxygen atoms in total. The van der Waals surface area contributed by atoms with Crippen LogP contribution in [0.2, 0.25) is 0 Å². The molecule has 1 amide bonds. The van der Waals surface area contributed by atoms with Gasteiger partial charge >= 0.3 is 18.2 Å². The number of hydrogen-bond acceptors (Lipinski definition) is 5. The van der Waals surface area contributed by atoms with Gasteiger partial charge in [0.1, 0.15) is 0 Å². The molecule has 0 aliphatic carbocycles. The molecule has 1 aromatic rings. The van der Waals surface area contributed by atoms with Gasteiger partial charge in [0.2, 0.25) is 17.6 Å². The second kappa shape index (κ2) is 4.93. The predicted octanol–water partition coefficient (Wildman–Crippen LogP) is 1.76. The highest BCUT2D eigenvalue weighted by atomic mass is 19.4. The van der Waals surface area contributed by atoms with E-state index in [4.69, 9.17) is 0 Å². The van der Waals surface area contributed by atoms with Gasteiger partial charge in [-0.25, -0.2) is 4.63 Å². The highest BCUT2D eigenvalue weighted by Gasteiger charge is 2.61. The average Bonchev–Trinajstić information content (AvgIpc) is 2.59. The number of amides is 1. The summed E-state index contributed by atoms with van der Waals surface area (Å²) in [4.78, 5) is 11.1. The molecule has 0 aliphatic heterocycles. The van der Waals surface area contributed by atoms with E-state index in [0.29, 0.717) is 0 Å². The molecule has 0 saturated heterocycles. The lowest BCUT2D eigenvalue weighted by atomic mass is 10.1. The highest BCUT2D eigenvalue weighted by molar-refractivity contribution is 5.93. The molecule has 0 unspecified atom stereocenters. The zero-order chi connectivity index (χ0) is 14.8. The van der Waals surface area contributed by atoms with Crippen molar-refractivity contribution in [1.82, 2.24) is 10.3 Å². The summed E-state index contributed by atoms with van der Waals surface area (Å²) >= 11 is 0. The fourth-order valence-electron chi connectivity index (χ4n) is 1.06. The fourth-order valence-corrected chi connectivity index (χ4v) is 1.06. The van der Waals surface area contributed by atoms with Gasteiger partial charge in [-0.2, -0.15) is 26.3 Å². The van der Waals surface area contributed by atoms with Crippen LogP contribution in [0.3, 0.4) is 0 Å². The third-order valence-electron chi connectivity index (χ3n) is 1.81. The van der Waals surface area contributed by atoms with Gasteiger partial charge < -0.3 is 10.1 Å². The average molecular weight is 293 g/mol. The number of nitrogens with one attached hydrogen (secondary N) is 1. The summed E-state index contributed by atoms with van der Waals surface area (Å²) in [7, 11) is 1.00. The molecule has 0 bridgehead atoms. The maximum absolute atomic E-state index is 12.2. The molecule has 0 spiro atoms. The van der Waals surface area contributed by atoms with Crippen molar-refractivity contribution < 1.29 is 40.5 Å². The molecule has 0 atom stereocenters. The third-order valence-corrected chi connectivity index (χ3v) is 1.81. The molecule has 0 aromatic carbocycles. The Hall–Kier alpha value is -2.01. The van der Waals surface area contributed by atoms with Crippen LogP contribution >= 0.6 is 0 Å². The van der Waals surface area contributed by atoms with Crippen molar-refractivity contribution in [2.24, 2.45) is 5.92 Å². The molecular formula is C7H5F6N3O3. The SMILES string of the molecule is COc1nonc1NC(=O)C(C(F)(F)F)C(F)(F)F. The number of carbonyl (C=O) groups excluding carboxylic acids is 1. The van der Waals surface area contributed by atoms with E-state index >= 15 is 0 Å². The second-order valence-electron chi connectivity index (χ2n) is 3.13. The van der Waals surface area contributed by atoms with E-state index < -0.39 is 35.9 Å². The maximum Gasteiger partial charge on any atom is 0.409 e. The predicted molar refractivity (Wildman–Crippen MR) is 45.1 cm³/mol. The van der Waals surface area contributed by atoms with E-state index in [9.17, 15) is 31.1 Å². The molecule has 1 N–H and O–H groups in total. The summed E-state index contributed by atoms with van der Waals surface area (Å²) in [5.41, 5.74) is 0. The van der Waals surface area contributed by atoms with Crippen molar-refractivity contribution >= 4 is 11.7 Å². The van der Waals surface area contributed by atoms with E-state index in [1.54, 1.807) is 0 Å². The summed E-state index contributed by atoms with van der Waals surface area (Å²) < 4.78 is 81.6. The number of methoxy groups -OCH3 is 1. The van der Waals surface area contributed by atoms with E-state index in [1.807, 2.05) is 0 Å². The summed E-state index contributed by atoms with van der Waals surface area (Å²) in [6, 6.07) is 0. The van der Waals surface area contributed by atoms with Gasteiger partial charge in [-0.05, 0) is 10.3 Å². The minimum absolute atomic E-state index is 0.559. The molecule has 1 heterocycles. The Balaban J connectivity index is 2.97. The van der Waals surface area contributed by atoms with Gasteiger partial charge in [-0.1, -0.05) is 0 Å². The molecule has 12 heteroatoms. The standard InChI is InChI=1S/C7H5F6N3O3/c1-18-5-3(15-19-16-5)14-4(17)2(6(8,9)10)7(11,12)13/h2H,1H3,(H,14,15,17). The molecule has 1 rings (SSSR count). The molecule has 108 valence electrons. The minimum atomic E-state index is -5.80. The fraction of sp³-hybridized carbons (Fsp3) is 0.571. The number of anilines is 1. The quantitative estimate of drug-likeness (QED) is 0.859.